The lowest BCUT2D eigenvalue weighted by atomic mass is 9.97. The second-order valence-electron chi connectivity index (χ2n) is 6.69. The zero-order valence-electron chi connectivity index (χ0n) is 14.7. The summed E-state index contributed by atoms with van der Waals surface area (Å²) >= 11 is 6.04. The van der Waals surface area contributed by atoms with E-state index in [1.807, 2.05) is 29.2 Å². The number of likely N-dealkylation sites (tertiary alicyclic amines) is 1. The maximum absolute atomic E-state index is 12.6. The number of rotatable bonds is 4. The molecule has 0 N–H and O–H groups in total. The first-order valence-electron chi connectivity index (χ1n) is 8.92. The van der Waals surface area contributed by atoms with E-state index < -0.39 is 0 Å². The number of aromatic nitrogens is 3. The van der Waals surface area contributed by atoms with Gasteiger partial charge >= 0.3 is 0 Å². The van der Waals surface area contributed by atoms with Crippen LogP contribution in [0.1, 0.15) is 46.3 Å². The molecule has 1 amide bonds. The van der Waals surface area contributed by atoms with Gasteiger partial charge in [0.2, 0.25) is 0 Å². The molecule has 1 saturated heterocycles. The zero-order valence-corrected chi connectivity index (χ0v) is 15.5. The average Bonchev–Trinajstić information content (AvgIpc) is 3.17. The van der Waals surface area contributed by atoms with Crippen molar-refractivity contribution in [3.8, 4) is 0 Å². The molecule has 4 rings (SSSR count). The van der Waals surface area contributed by atoms with Crippen LogP contribution in [0.25, 0.3) is 0 Å². The minimum Gasteiger partial charge on any atom is -0.445 e. The molecule has 3 aromatic rings. The van der Waals surface area contributed by atoms with Crippen LogP contribution in [0.3, 0.4) is 0 Å². The van der Waals surface area contributed by atoms with E-state index in [-0.39, 0.29) is 11.8 Å². The molecule has 0 saturated carbocycles. The Morgan fingerprint density at radius 2 is 2.11 bits per heavy atom. The summed E-state index contributed by atoms with van der Waals surface area (Å²) in [6.07, 6.45) is 8.79. The topological polar surface area (TPSA) is 72.1 Å². The van der Waals surface area contributed by atoms with E-state index in [0.717, 1.165) is 30.7 Å². The van der Waals surface area contributed by atoms with Crippen molar-refractivity contribution in [2.75, 3.05) is 13.1 Å². The molecule has 3 heterocycles. The molecule has 2 aromatic heterocycles. The second-order valence-corrected chi connectivity index (χ2v) is 7.13. The van der Waals surface area contributed by atoms with Gasteiger partial charge in [-0.3, -0.25) is 4.79 Å². The third kappa shape index (κ3) is 4.17. The number of nitrogens with zero attached hydrogens (tertiary/aromatic N) is 4. The smallest absolute Gasteiger partial charge is 0.257 e. The number of hydrogen-bond acceptors (Lipinski definition) is 5. The molecule has 1 atom stereocenters. The SMILES string of the molecule is O=C(c1cncnc1)N1CCC[C@H](c2ncc(Cc3cccc(Cl)c3)o2)C1. The van der Waals surface area contributed by atoms with Gasteiger partial charge in [-0.25, -0.2) is 15.0 Å². The van der Waals surface area contributed by atoms with Gasteiger partial charge in [0.25, 0.3) is 5.91 Å². The van der Waals surface area contributed by atoms with Gasteiger partial charge in [-0.1, -0.05) is 23.7 Å². The summed E-state index contributed by atoms with van der Waals surface area (Å²) in [6, 6.07) is 7.71. The number of benzene rings is 1. The Morgan fingerprint density at radius 1 is 1.26 bits per heavy atom. The number of carbonyl (C=O) groups excluding carboxylic acids is 1. The van der Waals surface area contributed by atoms with Crippen LogP contribution < -0.4 is 0 Å². The monoisotopic (exact) mass is 382 g/mol. The number of hydrogen-bond donors (Lipinski definition) is 0. The summed E-state index contributed by atoms with van der Waals surface area (Å²) in [6.45, 7) is 1.31. The number of oxazole rings is 1. The summed E-state index contributed by atoms with van der Waals surface area (Å²) in [5.74, 6) is 1.53. The minimum absolute atomic E-state index is 0.0500. The van der Waals surface area contributed by atoms with Crippen molar-refractivity contribution >= 4 is 17.5 Å². The van der Waals surface area contributed by atoms with Crippen LogP contribution in [0.15, 0.2) is 53.6 Å². The molecule has 138 valence electrons. The fourth-order valence-corrected chi connectivity index (χ4v) is 3.61. The molecule has 0 aliphatic carbocycles. The molecule has 1 aromatic carbocycles. The van der Waals surface area contributed by atoms with Gasteiger partial charge in [0, 0.05) is 36.9 Å². The Balaban J connectivity index is 1.44. The van der Waals surface area contributed by atoms with Crippen molar-refractivity contribution in [1.29, 1.82) is 0 Å². The van der Waals surface area contributed by atoms with Crippen LogP contribution in [-0.4, -0.2) is 38.8 Å². The highest BCUT2D eigenvalue weighted by Gasteiger charge is 2.28. The molecular weight excluding hydrogens is 364 g/mol. The van der Waals surface area contributed by atoms with Crippen molar-refractivity contribution in [3.05, 3.63) is 77.0 Å². The third-order valence-corrected chi connectivity index (χ3v) is 4.94. The number of halogens is 1. The lowest BCUT2D eigenvalue weighted by Gasteiger charge is -2.31. The summed E-state index contributed by atoms with van der Waals surface area (Å²) in [5, 5.41) is 0.707. The van der Waals surface area contributed by atoms with Crippen LogP contribution in [0, 0.1) is 0 Å². The van der Waals surface area contributed by atoms with Gasteiger partial charge in [-0.2, -0.15) is 0 Å². The predicted molar refractivity (Wildman–Crippen MR) is 101 cm³/mol. The highest BCUT2D eigenvalue weighted by Crippen LogP contribution is 2.28. The normalized spacial score (nSPS) is 17.1. The van der Waals surface area contributed by atoms with Crippen LogP contribution in [0.5, 0.6) is 0 Å². The molecule has 27 heavy (non-hydrogen) atoms. The lowest BCUT2D eigenvalue weighted by molar-refractivity contribution is 0.0697. The summed E-state index contributed by atoms with van der Waals surface area (Å²) in [7, 11) is 0. The van der Waals surface area contributed by atoms with Crippen molar-refractivity contribution in [2.24, 2.45) is 0 Å². The first-order chi connectivity index (χ1) is 13.2. The fourth-order valence-electron chi connectivity index (χ4n) is 3.40. The Labute approximate surface area is 162 Å². The molecule has 0 unspecified atom stereocenters. The minimum atomic E-state index is -0.0500. The van der Waals surface area contributed by atoms with Crippen LogP contribution in [0.4, 0.5) is 0 Å². The molecule has 0 spiro atoms. The highest BCUT2D eigenvalue weighted by atomic mass is 35.5. The van der Waals surface area contributed by atoms with E-state index in [2.05, 4.69) is 15.0 Å². The standard InChI is InChI=1S/C20H19ClN4O2/c21-17-5-1-3-14(7-17)8-18-11-24-19(27-18)15-4-2-6-25(12-15)20(26)16-9-22-13-23-10-16/h1,3,5,7,9-11,13,15H,2,4,6,8,12H2/t15-/m0/s1. The molecule has 1 aliphatic rings. The Kier molecular flexibility index (Phi) is 5.16. The van der Waals surface area contributed by atoms with Crippen LogP contribution >= 0.6 is 11.6 Å². The zero-order chi connectivity index (χ0) is 18.6. The van der Waals surface area contributed by atoms with Gasteiger partial charge in [-0.05, 0) is 30.5 Å². The summed E-state index contributed by atoms with van der Waals surface area (Å²) in [4.78, 5) is 26.8. The Morgan fingerprint density at radius 3 is 2.93 bits per heavy atom. The summed E-state index contributed by atoms with van der Waals surface area (Å²) in [5.41, 5.74) is 1.59. The van der Waals surface area contributed by atoms with Crippen molar-refractivity contribution < 1.29 is 9.21 Å². The van der Waals surface area contributed by atoms with Crippen molar-refractivity contribution in [3.63, 3.8) is 0 Å². The quantitative estimate of drug-likeness (QED) is 0.687. The lowest BCUT2D eigenvalue weighted by Crippen LogP contribution is -2.39. The largest absolute Gasteiger partial charge is 0.445 e. The van der Waals surface area contributed by atoms with E-state index in [0.29, 0.717) is 29.4 Å². The first kappa shape index (κ1) is 17.7. The van der Waals surface area contributed by atoms with Gasteiger partial charge in [0.05, 0.1) is 17.7 Å². The number of amides is 1. The third-order valence-electron chi connectivity index (χ3n) is 4.70. The van der Waals surface area contributed by atoms with Gasteiger partial charge in [-0.15, -0.1) is 0 Å². The van der Waals surface area contributed by atoms with Gasteiger partial charge < -0.3 is 9.32 Å². The maximum atomic E-state index is 12.6. The van der Waals surface area contributed by atoms with Crippen molar-refractivity contribution in [2.45, 2.75) is 25.2 Å². The van der Waals surface area contributed by atoms with E-state index in [9.17, 15) is 4.79 Å². The van der Waals surface area contributed by atoms with E-state index in [4.69, 9.17) is 16.0 Å². The van der Waals surface area contributed by atoms with Crippen LogP contribution in [-0.2, 0) is 6.42 Å². The number of carbonyl (C=O) groups is 1. The Hall–Kier alpha value is -2.73. The Bertz CT molecular complexity index is 928. The molecular formula is C20H19ClN4O2. The van der Waals surface area contributed by atoms with Crippen molar-refractivity contribution in [1.82, 2.24) is 19.9 Å². The molecule has 6 nitrogen and oxygen atoms in total. The highest BCUT2D eigenvalue weighted by molar-refractivity contribution is 6.30. The molecule has 0 bridgehead atoms. The molecule has 1 aliphatic heterocycles. The molecule has 0 radical (unpaired) electrons. The predicted octanol–water partition coefficient (Wildman–Crippen LogP) is 3.73. The maximum Gasteiger partial charge on any atom is 0.257 e. The first-order valence-corrected chi connectivity index (χ1v) is 9.30. The van der Waals surface area contributed by atoms with Gasteiger partial charge in [0.15, 0.2) is 5.89 Å². The van der Waals surface area contributed by atoms with E-state index in [1.165, 1.54) is 6.33 Å². The van der Waals surface area contributed by atoms with Crippen LogP contribution in [0.2, 0.25) is 5.02 Å². The van der Waals surface area contributed by atoms with E-state index >= 15 is 0 Å². The van der Waals surface area contributed by atoms with E-state index in [1.54, 1.807) is 18.6 Å². The number of piperidine rings is 1. The average molecular weight is 383 g/mol. The molecule has 7 heteroatoms. The molecule has 1 fully saturated rings. The summed E-state index contributed by atoms with van der Waals surface area (Å²) < 4.78 is 5.98. The second kappa shape index (κ2) is 7.88. The van der Waals surface area contributed by atoms with Gasteiger partial charge in [0.1, 0.15) is 12.1 Å². The fraction of sp³-hybridized carbons (Fsp3) is 0.300.